The zero-order chi connectivity index (χ0) is 61.1. The molecule has 14 unspecified atom stereocenters. The van der Waals surface area contributed by atoms with Crippen molar-refractivity contribution in [1.82, 2.24) is 0 Å². The van der Waals surface area contributed by atoms with Crippen LogP contribution in [-0.2, 0) is 41.7 Å². The van der Waals surface area contributed by atoms with Crippen molar-refractivity contribution >= 4 is 34.1 Å². The van der Waals surface area contributed by atoms with E-state index in [1.807, 2.05) is 11.1 Å². The van der Waals surface area contributed by atoms with Gasteiger partial charge in [-0.05, 0) is 352 Å². The molecule has 6 heteroatoms. The fraction of sp³-hybridized carbons (Fsp3) is 0.857. The first-order chi connectivity index (χ1) is 40.6. The van der Waals surface area contributed by atoms with Crippen molar-refractivity contribution in [2.75, 3.05) is 0 Å². The van der Waals surface area contributed by atoms with Crippen LogP contribution in [-0.4, -0.2) is 0 Å². The van der Waals surface area contributed by atoms with Crippen LogP contribution in [0.1, 0.15) is 264 Å². The van der Waals surface area contributed by atoms with E-state index in [-0.39, 0.29) is 29.7 Å². The number of rotatable bonds is 6. The van der Waals surface area contributed by atoms with Crippen LogP contribution in [0.25, 0.3) is 0 Å². The Balaban J connectivity index is 0.000000199. The van der Waals surface area contributed by atoms with Gasteiger partial charge in [-0.3, -0.25) is 0 Å². The number of fused-ring (bicyclic) bond motifs is 8. The van der Waals surface area contributed by atoms with Crippen LogP contribution >= 0.6 is 34.1 Å². The Morgan fingerprint density at radius 3 is 1.00 bits per heavy atom. The molecule has 0 heterocycles. The van der Waals surface area contributed by atoms with E-state index < -0.39 is 41.7 Å². The molecule has 0 amide bonds. The summed E-state index contributed by atoms with van der Waals surface area (Å²) in [5.41, 5.74) is 7.66. The van der Waals surface area contributed by atoms with Crippen molar-refractivity contribution < 1.29 is 41.7 Å². The molecule has 0 radical (unpaired) electrons. The van der Waals surface area contributed by atoms with Crippen molar-refractivity contribution in [2.45, 2.75) is 264 Å². The van der Waals surface area contributed by atoms with Crippen molar-refractivity contribution in [1.29, 1.82) is 0 Å². The number of halogens is 4. The standard InChI is InChI=1S/C48H76.C32H48.4CH3.4ClH.2Zr/c1-43(2)14-16-45(5,6)40-26-36-34(24-38(40)43)35-25-39-41(46(7,8)17-15-44(39,3)4)27-37(35)42(36)47(9,10)30-12-13-31(23-30)48(11)32-19-28-18-29(21-32)22-33(48)20-28;1-31(2,30-28-10-6-4-8-26(28)27-9-5-7-11-29(27)30)22-12-13-23(19-22)32(3)24-15-20-14-21(17-24)18-25(32)16-20;;;;;;;;;;/h26-39,42H,12-25H2,1-11H3;6-7,10-11,20-30H,4-5,8-9,12-19H2,1-3H3;4*1H3;4*1H;;/q;;4*-1;;;;;2*+4/p-4. The van der Waals surface area contributed by atoms with Crippen molar-refractivity contribution in [3.05, 3.63) is 77.3 Å². The van der Waals surface area contributed by atoms with Crippen LogP contribution in [0.4, 0.5) is 0 Å². The Morgan fingerprint density at radius 2 is 0.678 bits per heavy atom. The van der Waals surface area contributed by atoms with E-state index in [4.69, 9.17) is 34.1 Å². The number of allylic oxidation sites excluding steroid dienone is 8. The predicted octanol–water partition coefficient (Wildman–Crippen LogP) is 26.8. The van der Waals surface area contributed by atoms with Crippen LogP contribution in [0, 0.1) is 215 Å². The summed E-state index contributed by atoms with van der Waals surface area (Å²) in [6.45, 7) is 37.8. The average molecular weight is 1470 g/mol. The molecule has 14 fully saturated rings. The Hall–Kier alpha value is 1.89. The zero-order valence-electron chi connectivity index (χ0n) is 61.2. The molecule has 18 aliphatic carbocycles. The van der Waals surface area contributed by atoms with Crippen LogP contribution in [0.5, 0.6) is 0 Å². The molecule has 18 aliphatic rings. The molecule has 14 atom stereocenters. The van der Waals surface area contributed by atoms with Gasteiger partial charge in [0, 0.05) is 0 Å². The van der Waals surface area contributed by atoms with Gasteiger partial charge in [-0.2, -0.15) is 0 Å². The van der Waals surface area contributed by atoms with E-state index in [2.05, 4.69) is 133 Å². The van der Waals surface area contributed by atoms with Gasteiger partial charge in [0.1, 0.15) is 0 Å². The molecule has 8 bridgehead atoms. The van der Waals surface area contributed by atoms with Gasteiger partial charge in [-0.1, -0.05) is 145 Å². The van der Waals surface area contributed by atoms with Crippen LogP contribution in [0.2, 0.25) is 0 Å². The van der Waals surface area contributed by atoms with Gasteiger partial charge >= 0.3 is 75.7 Å². The Morgan fingerprint density at radius 1 is 0.367 bits per heavy atom. The molecule has 0 aromatic rings. The zero-order valence-corrected chi connectivity index (χ0v) is 69.2. The summed E-state index contributed by atoms with van der Waals surface area (Å²) in [5, 5.41) is 0. The number of hydrogen-bond donors (Lipinski definition) is 0. The molecule has 0 nitrogen and oxygen atoms in total. The maximum atomic E-state index is 4.93. The van der Waals surface area contributed by atoms with Gasteiger partial charge in [0.2, 0.25) is 0 Å². The van der Waals surface area contributed by atoms with E-state index in [1.165, 1.54) is 83.5 Å². The molecule has 90 heavy (non-hydrogen) atoms. The first-order valence-corrected chi connectivity index (χ1v) is 50.0. The van der Waals surface area contributed by atoms with Gasteiger partial charge in [0.15, 0.2) is 0 Å². The maximum absolute atomic E-state index is 4.93. The monoisotopic (exact) mass is 1460 g/mol. The predicted molar refractivity (Wildman–Crippen MR) is 386 cm³/mol. The number of hydrogen-bond acceptors (Lipinski definition) is 0. The molecule has 508 valence electrons. The van der Waals surface area contributed by atoms with Crippen LogP contribution < -0.4 is 0 Å². The average Bonchev–Trinajstić information content (AvgIpc) is 1.40. The third kappa shape index (κ3) is 12.8. The van der Waals surface area contributed by atoms with Gasteiger partial charge in [-0.15, -0.1) is 0 Å². The summed E-state index contributed by atoms with van der Waals surface area (Å²) in [5.74, 6) is 22.9. The molecule has 0 aliphatic heterocycles. The van der Waals surface area contributed by atoms with Crippen LogP contribution in [0.15, 0.2) is 47.6 Å². The van der Waals surface area contributed by atoms with E-state index in [0.717, 1.165) is 142 Å². The molecule has 18 rings (SSSR count). The molecule has 0 aromatic carbocycles. The molecular weight excluding hydrogens is 1330 g/mol. The van der Waals surface area contributed by atoms with Crippen molar-refractivity contribution in [3.8, 4) is 0 Å². The summed E-state index contributed by atoms with van der Waals surface area (Å²) in [6.07, 6.45) is 55.9. The summed E-state index contributed by atoms with van der Waals surface area (Å²) >= 11 is -1.65. The van der Waals surface area contributed by atoms with Crippen LogP contribution in [0.3, 0.4) is 0 Å². The Labute approximate surface area is 596 Å². The van der Waals surface area contributed by atoms with Gasteiger partial charge in [0.25, 0.3) is 0 Å². The van der Waals surface area contributed by atoms with Crippen molar-refractivity contribution in [3.63, 3.8) is 0 Å². The molecule has 0 saturated heterocycles. The van der Waals surface area contributed by atoms with Gasteiger partial charge in [0.05, 0.1) is 0 Å². The van der Waals surface area contributed by atoms with E-state index in [1.54, 1.807) is 83.5 Å². The Bertz CT molecular complexity index is 2420. The SMILES string of the molecule is CC(C)(C1CCC(C2(C)C3CC4CC(C3)CC2C4)C1)C1C2C=CCCC2C2CCC=CC21.CC1(C)CCC(C)(C)C2CC3C(C=C21)C(C(C)(C)C1CCC(C2(C)C4CC5CC(C4)CC2C5)C1)C1C=C2C(CC13)C(C)(C)CCC2(C)C.[CH3-].[CH3-].[CH3-].[CH3-].[Cl][Zr+2][Cl].[Cl][Zr+2][Cl]. The third-order valence-electron chi connectivity index (χ3n) is 33.8. The first kappa shape index (κ1) is 76.1. The molecular formula is C84H136Cl4Zr2. The second-order valence-electron chi connectivity index (χ2n) is 39.1. The molecule has 14 saturated carbocycles. The molecule has 0 aromatic heterocycles. The minimum absolute atomic E-state index is 0. The third-order valence-corrected chi connectivity index (χ3v) is 33.8. The topological polar surface area (TPSA) is 0 Å². The molecule has 0 spiro atoms. The fourth-order valence-corrected chi connectivity index (χ4v) is 29.2. The normalized spacial score (nSPS) is 47.9. The Kier molecular flexibility index (Phi) is 23.7. The fourth-order valence-electron chi connectivity index (χ4n) is 29.2. The van der Waals surface area contributed by atoms with E-state index >= 15 is 0 Å². The summed E-state index contributed by atoms with van der Waals surface area (Å²) in [4.78, 5) is 0. The van der Waals surface area contributed by atoms with E-state index in [9.17, 15) is 0 Å². The summed E-state index contributed by atoms with van der Waals surface area (Å²) in [6, 6.07) is 0. The quantitative estimate of drug-likeness (QED) is 0.184. The molecule has 0 N–H and O–H groups in total. The summed E-state index contributed by atoms with van der Waals surface area (Å²) in [7, 11) is 19.7. The second kappa shape index (κ2) is 28.0. The first-order valence-electron chi connectivity index (χ1n) is 37.3. The van der Waals surface area contributed by atoms with Gasteiger partial charge < -0.3 is 29.7 Å². The van der Waals surface area contributed by atoms with Gasteiger partial charge in [-0.25, -0.2) is 0 Å². The summed E-state index contributed by atoms with van der Waals surface area (Å²) < 4.78 is 0. The van der Waals surface area contributed by atoms with E-state index in [0.29, 0.717) is 43.3 Å². The van der Waals surface area contributed by atoms with Crippen molar-refractivity contribution in [2.24, 2.45) is 185 Å². The second-order valence-corrected chi connectivity index (χ2v) is 46.6. The minimum atomic E-state index is -0.826.